The van der Waals surface area contributed by atoms with Gasteiger partial charge in [-0.3, -0.25) is 14.9 Å². The van der Waals surface area contributed by atoms with Crippen molar-refractivity contribution < 1.29 is 9.59 Å². The van der Waals surface area contributed by atoms with Crippen molar-refractivity contribution in [1.82, 2.24) is 15.5 Å². The van der Waals surface area contributed by atoms with Gasteiger partial charge >= 0.3 is 0 Å². The normalized spacial score (nSPS) is 18.7. The Kier molecular flexibility index (Phi) is 5.40. The Bertz CT molecular complexity index is 1020. The average Bonchev–Trinajstić information content (AvgIpc) is 3.41. The lowest BCUT2D eigenvalue weighted by Crippen LogP contribution is -2.42. The van der Waals surface area contributed by atoms with Crippen molar-refractivity contribution in [3.05, 3.63) is 65.7 Å². The second kappa shape index (κ2) is 8.13. The molecule has 3 atom stereocenters. The second-order valence-corrected chi connectivity index (χ2v) is 8.33. The van der Waals surface area contributed by atoms with E-state index in [4.69, 9.17) is 0 Å². The number of anilines is 1. The van der Waals surface area contributed by atoms with Crippen molar-refractivity contribution >= 4 is 28.3 Å². The van der Waals surface area contributed by atoms with Crippen LogP contribution in [0.3, 0.4) is 0 Å². The van der Waals surface area contributed by atoms with Crippen LogP contribution in [0.15, 0.2) is 54.6 Å². The molecule has 0 unspecified atom stereocenters. The van der Waals surface area contributed by atoms with Crippen molar-refractivity contribution in [3.8, 4) is 10.6 Å². The third-order valence-corrected chi connectivity index (χ3v) is 5.95. The van der Waals surface area contributed by atoms with Gasteiger partial charge in [-0.1, -0.05) is 71.5 Å². The predicted octanol–water partition coefficient (Wildman–Crippen LogP) is 3.76. The topological polar surface area (TPSA) is 84.0 Å². The molecule has 3 aromatic rings. The molecule has 0 spiro atoms. The zero-order valence-corrected chi connectivity index (χ0v) is 17.1. The SMILES string of the molecule is Cc1ccc(-c2nnc(NC(=O)[C@H](C)NC(=O)[C@H]3C[C@H]3c3ccccc3)s2)cc1. The molecule has 29 heavy (non-hydrogen) atoms. The minimum Gasteiger partial charge on any atom is -0.344 e. The molecule has 1 heterocycles. The van der Waals surface area contributed by atoms with E-state index in [-0.39, 0.29) is 23.7 Å². The molecule has 0 saturated heterocycles. The fourth-order valence-electron chi connectivity index (χ4n) is 3.24. The maximum Gasteiger partial charge on any atom is 0.248 e. The molecule has 4 rings (SSSR count). The van der Waals surface area contributed by atoms with Crippen LogP contribution < -0.4 is 10.6 Å². The molecular formula is C22H22N4O2S. The number of carbonyl (C=O) groups is 2. The molecule has 6 nitrogen and oxygen atoms in total. The number of nitrogens with zero attached hydrogens (tertiary/aromatic N) is 2. The Morgan fingerprint density at radius 2 is 1.79 bits per heavy atom. The van der Waals surface area contributed by atoms with E-state index < -0.39 is 6.04 Å². The van der Waals surface area contributed by atoms with Gasteiger partial charge in [0.2, 0.25) is 16.9 Å². The van der Waals surface area contributed by atoms with E-state index in [1.54, 1.807) is 6.92 Å². The van der Waals surface area contributed by atoms with Gasteiger partial charge in [0.25, 0.3) is 0 Å². The minimum atomic E-state index is -0.647. The summed E-state index contributed by atoms with van der Waals surface area (Å²) in [6.45, 7) is 3.70. The van der Waals surface area contributed by atoms with Crippen molar-refractivity contribution in [2.75, 3.05) is 5.32 Å². The van der Waals surface area contributed by atoms with Gasteiger partial charge in [0.05, 0.1) is 0 Å². The first kappa shape index (κ1) is 19.3. The van der Waals surface area contributed by atoms with Crippen LogP contribution in [0, 0.1) is 12.8 Å². The van der Waals surface area contributed by atoms with Crippen LogP contribution in [0.5, 0.6) is 0 Å². The summed E-state index contributed by atoms with van der Waals surface area (Å²) in [6.07, 6.45) is 0.820. The number of rotatable bonds is 6. The highest BCUT2D eigenvalue weighted by Crippen LogP contribution is 2.47. The molecular weight excluding hydrogens is 384 g/mol. The lowest BCUT2D eigenvalue weighted by atomic mass is 10.1. The van der Waals surface area contributed by atoms with Gasteiger partial charge in [-0.05, 0) is 31.7 Å². The van der Waals surface area contributed by atoms with Crippen molar-refractivity contribution in [1.29, 1.82) is 0 Å². The van der Waals surface area contributed by atoms with Crippen molar-refractivity contribution in [2.24, 2.45) is 5.92 Å². The molecule has 0 aliphatic heterocycles. The third kappa shape index (κ3) is 4.51. The summed E-state index contributed by atoms with van der Waals surface area (Å²) < 4.78 is 0. The molecule has 7 heteroatoms. The van der Waals surface area contributed by atoms with E-state index in [1.807, 2.05) is 61.5 Å². The number of hydrogen-bond donors (Lipinski definition) is 2. The van der Waals surface area contributed by atoms with E-state index in [2.05, 4.69) is 20.8 Å². The summed E-state index contributed by atoms with van der Waals surface area (Å²) in [5, 5.41) is 14.9. The lowest BCUT2D eigenvalue weighted by Gasteiger charge is -2.12. The molecule has 2 amide bonds. The van der Waals surface area contributed by atoms with E-state index in [0.29, 0.717) is 5.13 Å². The summed E-state index contributed by atoms with van der Waals surface area (Å²) in [5.74, 6) is -0.213. The maximum atomic E-state index is 12.5. The first-order chi connectivity index (χ1) is 14.0. The van der Waals surface area contributed by atoms with Crippen LogP contribution in [0.2, 0.25) is 0 Å². The average molecular weight is 407 g/mol. The van der Waals surface area contributed by atoms with E-state index in [0.717, 1.165) is 17.0 Å². The largest absolute Gasteiger partial charge is 0.344 e. The van der Waals surface area contributed by atoms with Crippen molar-refractivity contribution in [2.45, 2.75) is 32.2 Å². The van der Waals surface area contributed by atoms with Crippen molar-refractivity contribution in [3.63, 3.8) is 0 Å². The standard InChI is InChI=1S/C22H22N4O2S/c1-13-8-10-16(11-9-13)21-25-26-22(29-21)24-19(27)14(2)23-20(28)18-12-17(18)15-6-4-3-5-7-15/h3-11,14,17-18H,12H2,1-2H3,(H,23,28)(H,24,26,27)/t14-,17-,18-/m0/s1. The summed E-state index contributed by atoms with van der Waals surface area (Å²) in [5.41, 5.74) is 3.29. The predicted molar refractivity (Wildman–Crippen MR) is 114 cm³/mol. The fraction of sp³-hybridized carbons (Fsp3) is 0.273. The Morgan fingerprint density at radius 1 is 1.07 bits per heavy atom. The number of nitrogens with one attached hydrogen (secondary N) is 2. The smallest absolute Gasteiger partial charge is 0.248 e. The first-order valence-electron chi connectivity index (χ1n) is 9.58. The molecule has 0 radical (unpaired) electrons. The summed E-state index contributed by atoms with van der Waals surface area (Å²) in [6, 6.07) is 17.3. The van der Waals surface area contributed by atoms with Gasteiger partial charge in [-0.2, -0.15) is 0 Å². The van der Waals surface area contributed by atoms with E-state index in [9.17, 15) is 9.59 Å². The van der Waals surface area contributed by atoms with Gasteiger partial charge in [0, 0.05) is 11.5 Å². The molecule has 2 N–H and O–H groups in total. The maximum absolute atomic E-state index is 12.5. The monoisotopic (exact) mass is 406 g/mol. The minimum absolute atomic E-state index is 0.0673. The third-order valence-electron chi connectivity index (χ3n) is 5.06. The molecule has 1 fully saturated rings. The number of hydrogen-bond acceptors (Lipinski definition) is 5. The molecule has 2 aromatic carbocycles. The highest BCUT2D eigenvalue weighted by Gasteiger charge is 2.44. The Labute approximate surface area is 173 Å². The van der Waals surface area contributed by atoms with Crippen LogP contribution in [0.1, 0.15) is 30.4 Å². The van der Waals surface area contributed by atoms with E-state index in [1.165, 1.54) is 22.5 Å². The zero-order chi connectivity index (χ0) is 20.4. The molecule has 1 saturated carbocycles. The molecule has 1 aliphatic carbocycles. The number of aryl methyl sites for hydroxylation is 1. The van der Waals surface area contributed by atoms with Gasteiger partial charge < -0.3 is 5.32 Å². The molecule has 0 bridgehead atoms. The first-order valence-corrected chi connectivity index (χ1v) is 10.4. The highest BCUT2D eigenvalue weighted by atomic mass is 32.1. The van der Waals surface area contributed by atoms with Gasteiger partial charge in [-0.25, -0.2) is 0 Å². The van der Waals surface area contributed by atoms with Gasteiger partial charge in [0.15, 0.2) is 0 Å². The number of aromatic nitrogens is 2. The van der Waals surface area contributed by atoms with Crippen LogP contribution in [0.4, 0.5) is 5.13 Å². The Morgan fingerprint density at radius 3 is 2.52 bits per heavy atom. The number of amides is 2. The summed E-state index contributed by atoms with van der Waals surface area (Å²) in [4.78, 5) is 24.9. The number of carbonyl (C=O) groups excluding carboxylic acids is 2. The van der Waals surface area contributed by atoms with E-state index >= 15 is 0 Å². The summed E-state index contributed by atoms with van der Waals surface area (Å²) in [7, 11) is 0. The van der Waals surface area contributed by atoms with Gasteiger partial charge in [0.1, 0.15) is 11.0 Å². The second-order valence-electron chi connectivity index (χ2n) is 7.36. The Hall–Kier alpha value is -3.06. The lowest BCUT2D eigenvalue weighted by molar-refractivity contribution is -0.127. The summed E-state index contributed by atoms with van der Waals surface area (Å²) >= 11 is 1.31. The van der Waals surface area contributed by atoms with Crippen LogP contribution >= 0.6 is 11.3 Å². The Balaban J connectivity index is 1.31. The quantitative estimate of drug-likeness (QED) is 0.653. The highest BCUT2D eigenvalue weighted by molar-refractivity contribution is 7.18. The van der Waals surface area contributed by atoms with Gasteiger partial charge in [-0.15, -0.1) is 10.2 Å². The molecule has 1 aliphatic rings. The molecule has 1 aromatic heterocycles. The van der Waals surface area contributed by atoms with Crippen LogP contribution in [0.25, 0.3) is 10.6 Å². The zero-order valence-electron chi connectivity index (χ0n) is 16.3. The fourth-order valence-corrected chi connectivity index (χ4v) is 3.99. The van der Waals surface area contributed by atoms with Crippen LogP contribution in [-0.2, 0) is 9.59 Å². The molecule has 148 valence electrons. The number of benzene rings is 2. The van der Waals surface area contributed by atoms with Crippen LogP contribution in [-0.4, -0.2) is 28.1 Å².